The predicted octanol–water partition coefficient (Wildman–Crippen LogP) is 5.24. The molecule has 0 spiro atoms. The van der Waals surface area contributed by atoms with Crippen LogP contribution in [0.2, 0.25) is 19.6 Å². The molecule has 0 atom stereocenters. The Bertz CT molecular complexity index is 562. The van der Waals surface area contributed by atoms with Gasteiger partial charge in [0.25, 0.3) is 0 Å². The lowest BCUT2D eigenvalue weighted by Crippen LogP contribution is -2.22. The maximum atomic E-state index is 13.0. The van der Waals surface area contributed by atoms with E-state index >= 15 is 0 Å². The van der Waals surface area contributed by atoms with Gasteiger partial charge in [0, 0.05) is 0 Å². The van der Waals surface area contributed by atoms with E-state index in [0.717, 1.165) is 5.56 Å². The van der Waals surface area contributed by atoms with Crippen LogP contribution in [-0.2, 0) is 0 Å². The van der Waals surface area contributed by atoms with Crippen LogP contribution in [0.5, 0.6) is 0 Å². The molecule has 0 radical (unpaired) electrons. The number of hydrogen-bond acceptors (Lipinski definition) is 0. The van der Waals surface area contributed by atoms with Gasteiger partial charge in [-0.3, -0.25) is 0 Å². The Morgan fingerprint density at radius 3 is 2.00 bits per heavy atom. The summed E-state index contributed by atoms with van der Waals surface area (Å²) >= 11 is 0. The van der Waals surface area contributed by atoms with Gasteiger partial charge in [0.2, 0.25) is 0 Å². The number of benzene rings is 2. The van der Waals surface area contributed by atoms with Crippen molar-refractivity contribution in [2.24, 2.45) is 0 Å². The highest BCUT2D eigenvalue weighted by Crippen LogP contribution is 2.28. The highest BCUT2D eigenvalue weighted by atomic mass is 28.3. The molecular weight excluding hydrogens is 251 g/mol. The predicted molar refractivity (Wildman–Crippen MR) is 84.1 cm³/mol. The van der Waals surface area contributed by atoms with E-state index in [-0.39, 0.29) is 5.82 Å². The van der Waals surface area contributed by atoms with E-state index in [0.29, 0.717) is 0 Å². The highest BCUT2D eigenvalue weighted by molar-refractivity contribution is 6.94. The lowest BCUT2D eigenvalue weighted by Gasteiger charge is -2.21. The molecule has 98 valence electrons. The van der Waals surface area contributed by atoms with Crippen LogP contribution in [0.15, 0.2) is 54.6 Å². The van der Waals surface area contributed by atoms with E-state index in [1.54, 1.807) is 0 Å². The average molecular weight is 270 g/mol. The second-order valence-corrected chi connectivity index (χ2v) is 10.8. The van der Waals surface area contributed by atoms with Gasteiger partial charge in [-0.05, 0) is 23.3 Å². The summed E-state index contributed by atoms with van der Waals surface area (Å²) in [7, 11) is -1.46. The maximum Gasteiger partial charge on any atom is 0.123 e. The van der Waals surface area contributed by atoms with Crippen LogP contribution in [0.4, 0.5) is 4.39 Å². The SMILES string of the molecule is C[Si](C)(C)/C(=C\c1ccc(F)cc1)c1ccccc1. The third-order valence-electron chi connectivity index (χ3n) is 3.07. The van der Waals surface area contributed by atoms with Crippen LogP contribution >= 0.6 is 0 Å². The van der Waals surface area contributed by atoms with E-state index in [4.69, 9.17) is 0 Å². The summed E-state index contributed by atoms with van der Waals surface area (Å²) in [6.07, 6.45) is 2.20. The van der Waals surface area contributed by atoms with E-state index < -0.39 is 8.07 Å². The quantitative estimate of drug-likeness (QED) is 0.528. The summed E-state index contributed by atoms with van der Waals surface area (Å²) in [5, 5.41) is 1.39. The van der Waals surface area contributed by atoms with Crippen LogP contribution in [0.1, 0.15) is 11.1 Å². The topological polar surface area (TPSA) is 0 Å². The Balaban J connectivity index is 2.47. The molecule has 0 nitrogen and oxygen atoms in total. The minimum Gasteiger partial charge on any atom is -0.207 e. The third-order valence-corrected chi connectivity index (χ3v) is 5.12. The molecule has 0 aliphatic carbocycles. The van der Waals surface area contributed by atoms with Crippen molar-refractivity contribution in [3.05, 3.63) is 71.5 Å². The zero-order valence-electron chi connectivity index (χ0n) is 11.7. The molecule has 2 heteroatoms. The second-order valence-electron chi connectivity index (χ2n) is 5.73. The fourth-order valence-electron chi connectivity index (χ4n) is 2.08. The van der Waals surface area contributed by atoms with Gasteiger partial charge < -0.3 is 0 Å². The summed E-state index contributed by atoms with van der Waals surface area (Å²) in [5.74, 6) is -0.189. The van der Waals surface area contributed by atoms with Gasteiger partial charge in [-0.1, -0.05) is 73.4 Å². The number of hydrogen-bond donors (Lipinski definition) is 0. The zero-order valence-corrected chi connectivity index (χ0v) is 12.7. The molecule has 0 fully saturated rings. The van der Waals surface area contributed by atoms with Crippen molar-refractivity contribution in [2.45, 2.75) is 19.6 Å². The fourth-order valence-corrected chi connectivity index (χ4v) is 3.71. The molecule has 0 unspecified atom stereocenters. The molecule has 0 bridgehead atoms. The Morgan fingerprint density at radius 1 is 0.895 bits per heavy atom. The normalized spacial score (nSPS) is 12.5. The van der Waals surface area contributed by atoms with Crippen LogP contribution in [0, 0.1) is 5.82 Å². The summed E-state index contributed by atoms with van der Waals surface area (Å²) in [6, 6.07) is 17.1. The molecule has 19 heavy (non-hydrogen) atoms. The van der Waals surface area contributed by atoms with Gasteiger partial charge in [0.1, 0.15) is 5.82 Å². The standard InChI is InChI=1S/C17H19FSi/c1-19(2,3)17(15-7-5-4-6-8-15)13-14-9-11-16(18)12-10-14/h4-13H,1-3H3/b17-13-. The van der Waals surface area contributed by atoms with Crippen molar-refractivity contribution in [2.75, 3.05) is 0 Å². The molecule has 0 N–H and O–H groups in total. The molecule has 2 rings (SSSR count). The smallest absolute Gasteiger partial charge is 0.123 e. The van der Waals surface area contributed by atoms with Crippen molar-refractivity contribution in [1.82, 2.24) is 0 Å². The van der Waals surface area contributed by atoms with E-state index in [1.165, 1.54) is 22.9 Å². The molecular formula is C17H19FSi. The molecule has 0 saturated heterocycles. The lowest BCUT2D eigenvalue weighted by molar-refractivity contribution is 0.628. The van der Waals surface area contributed by atoms with Crippen LogP contribution < -0.4 is 0 Å². The largest absolute Gasteiger partial charge is 0.207 e. The summed E-state index contributed by atoms with van der Waals surface area (Å²) in [4.78, 5) is 0. The molecule has 0 heterocycles. The van der Waals surface area contributed by atoms with E-state index in [1.807, 2.05) is 18.2 Å². The summed E-state index contributed by atoms with van der Waals surface area (Å²) in [6.45, 7) is 6.99. The van der Waals surface area contributed by atoms with Crippen LogP contribution in [-0.4, -0.2) is 8.07 Å². The Labute approximate surface area is 115 Å². The molecule has 0 amide bonds. The zero-order chi connectivity index (χ0) is 13.9. The van der Waals surface area contributed by atoms with Gasteiger partial charge in [-0.15, -0.1) is 0 Å². The van der Waals surface area contributed by atoms with Crippen molar-refractivity contribution >= 4 is 19.3 Å². The fraction of sp³-hybridized carbons (Fsp3) is 0.176. The average Bonchev–Trinajstić information content (AvgIpc) is 2.37. The van der Waals surface area contributed by atoms with Gasteiger partial charge in [-0.25, -0.2) is 4.39 Å². The van der Waals surface area contributed by atoms with Crippen molar-refractivity contribution in [3.8, 4) is 0 Å². The van der Waals surface area contributed by atoms with E-state index in [9.17, 15) is 4.39 Å². The lowest BCUT2D eigenvalue weighted by atomic mass is 10.1. The number of rotatable bonds is 3. The Morgan fingerprint density at radius 2 is 1.47 bits per heavy atom. The van der Waals surface area contributed by atoms with Gasteiger partial charge in [0.05, 0.1) is 8.07 Å². The molecule has 0 saturated carbocycles. The first-order chi connectivity index (χ1) is 8.97. The van der Waals surface area contributed by atoms with Gasteiger partial charge >= 0.3 is 0 Å². The van der Waals surface area contributed by atoms with Crippen LogP contribution in [0.3, 0.4) is 0 Å². The highest BCUT2D eigenvalue weighted by Gasteiger charge is 2.20. The first-order valence-electron chi connectivity index (χ1n) is 6.50. The van der Waals surface area contributed by atoms with Crippen molar-refractivity contribution < 1.29 is 4.39 Å². The Hall–Kier alpha value is -1.67. The first kappa shape index (κ1) is 13.8. The van der Waals surface area contributed by atoms with Crippen LogP contribution in [0.25, 0.3) is 11.3 Å². The number of halogens is 1. The second kappa shape index (κ2) is 5.53. The third kappa shape index (κ3) is 3.64. The first-order valence-corrected chi connectivity index (χ1v) is 10.00. The molecule has 0 aliphatic heterocycles. The Kier molecular flexibility index (Phi) is 4.01. The molecule has 2 aromatic rings. The molecule has 2 aromatic carbocycles. The maximum absolute atomic E-state index is 13.0. The minimum absolute atomic E-state index is 0.189. The van der Waals surface area contributed by atoms with Crippen molar-refractivity contribution in [1.29, 1.82) is 0 Å². The summed E-state index contributed by atoms with van der Waals surface area (Å²) < 4.78 is 13.0. The molecule has 0 aliphatic rings. The summed E-state index contributed by atoms with van der Waals surface area (Å²) in [5.41, 5.74) is 2.33. The molecule has 0 aromatic heterocycles. The van der Waals surface area contributed by atoms with E-state index in [2.05, 4.69) is 50.0 Å². The van der Waals surface area contributed by atoms with Gasteiger partial charge in [-0.2, -0.15) is 0 Å². The van der Waals surface area contributed by atoms with Crippen molar-refractivity contribution in [3.63, 3.8) is 0 Å². The minimum atomic E-state index is -1.46. The van der Waals surface area contributed by atoms with Gasteiger partial charge in [0.15, 0.2) is 0 Å². The monoisotopic (exact) mass is 270 g/mol.